The molecule has 226 valence electrons. The molecule has 3 aromatic rings. The molecule has 0 spiro atoms. The highest BCUT2D eigenvalue weighted by Gasteiger charge is 2.38. The fourth-order valence-electron chi connectivity index (χ4n) is 4.83. The van der Waals surface area contributed by atoms with Crippen molar-refractivity contribution in [3.05, 3.63) is 82.4 Å². The van der Waals surface area contributed by atoms with Crippen LogP contribution in [-0.2, 0) is 14.8 Å². The molecule has 1 saturated heterocycles. The highest BCUT2D eigenvalue weighted by atomic mass is 32.2. The summed E-state index contributed by atoms with van der Waals surface area (Å²) in [6.45, 7) is 10.6. The van der Waals surface area contributed by atoms with Crippen LogP contribution in [0.5, 0.6) is 0 Å². The van der Waals surface area contributed by atoms with Gasteiger partial charge < -0.3 is 20.0 Å². The summed E-state index contributed by atoms with van der Waals surface area (Å²) >= 11 is 0. The molecule has 3 N–H and O–H groups in total. The van der Waals surface area contributed by atoms with E-state index in [4.69, 9.17) is 9.90 Å². The molecule has 0 atom stereocenters. The van der Waals surface area contributed by atoms with Gasteiger partial charge in [-0.2, -0.15) is 13.2 Å². The Morgan fingerprint density at radius 1 is 0.786 bits per heavy atom. The Morgan fingerprint density at radius 3 is 1.74 bits per heavy atom. The van der Waals surface area contributed by atoms with E-state index in [1.54, 1.807) is 44.2 Å². The first-order valence-corrected chi connectivity index (χ1v) is 14.3. The third kappa shape index (κ3) is 7.93. The van der Waals surface area contributed by atoms with Gasteiger partial charge in [0.25, 0.3) is 10.0 Å². The standard InChI is InChI=1S/C27H31N3O4S.C2HF3O2/c1-18-6-5-7-22(16-18)29-10-12-30(13-11-29)23-8-9-25(24(17-23)27(31)32)28-35(33,34)26-20(3)14-19(2)15-21(26)4;3-2(4,5)1(6)7/h5-9,14-17,28H,10-13H2,1-4H3,(H,31,32);(H,6,7). The summed E-state index contributed by atoms with van der Waals surface area (Å²) in [5.41, 5.74) is 5.35. The Kier molecular flexibility index (Phi) is 9.77. The molecule has 0 bridgehead atoms. The first kappa shape index (κ1) is 32.3. The molecule has 0 unspecified atom stereocenters. The van der Waals surface area contributed by atoms with Gasteiger partial charge in [-0.15, -0.1) is 0 Å². The van der Waals surface area contributed by atoms with Gasteiger partial charge in [-0.05, 0) is 74.7 Å². The van der Waals surface area contributed by atoms with Crippen LogP contribution in [0.15, 0.2) is 59.5 Å². The number of sulfonamides is 1. The number of piperazine rings is 1. The molecule has 1 heterocycles. The van der Waals surface area contributed by atoms with Gasteiger partial charge in [0, 0.05) is 37.6 Å². The normalized spacial score (nSPS) is 13.7. The highest BCUT2D eigenvalue weighted by Crippen LogP contribution is 2.29. The zero-order valence-corrected chi connectivity index (χ0v) is 24.3. The van der Waals surface area contributed by atoms with Crippen LogP contribution in [0.2, 0.25) is 0 Å². The lowest BCUT2D eigenvalue weighted by atomic mass is 10.1. The Labute approximate surface area is 242 Å². The number of alkyl halides is 3. The van der Waals surface area contributed by atoms with Gasteiger partial charge in [-0.3, -0.25) is 4.72 Å². The zero-order chi connectivity index (χ0) is 31.4. The largest absolute Gasteiger partial charge is 0.490 e. The zero-order valence-electron chi connectivity index (χ0n) is 23.5. The number of carboxylic acid groups (broad SMARTS) is 2. The van der Waals surface area contributed by atoms with Gasteiger partial charge in [0.1, 0.15) is 0 Å². The molecule has 0 radical (unpaired) electrons. The van der Waals surface area contributed by atoms with Gasteiger partial charge in [-0.1, -0.05) is 29.8 Å². The number of anilines is 3. The Bertz CT molecular complexity index is 1560. The third-order valence-corrected chi connectivity index (χ3v) is 8.28. The monoisotopic (exact) mass is 607 g/mol. The molecule has 1 fully saturated rings. The minimum atomic E-state index is -5.08. The number of aromatic carboxylic acids is 1. The molecule has 0 amide bonds. The molecule has 13 heteroatoms. The summed E-state index contributed by atoms with van der Waals surface area (Å²) in [6.07, 6.45) is -5.08. The average Bonchev–Trinajstić information content (AvgIpc) is 2.87. The SMILES string of the molecule is Cc1cccc(N2CCN(c3ccc(NS(=O)(=O)c4c(C)cc(C)cc4C)c(C(=O)O)c3)CC2)c1.O=C(O)C(F)(F)F. The van der Waals surface area contributed by atoms with Gasteiger partial charge in [0.15, 0.2) is 0 Å². The van der Waals surface area contributed by atoms with Crippen molar-refractivity contribution in [1.82, 2.24) is 0 Å². The summed E-state index contributed by atoms with van der Waals surface area (Å²) in [5, 5.41) is 17.0. The van der Waals surface area contributed by atoms with Crippen LogP contribution < -0.4 is 14.5 Å². The summed E-state index contributed by atoms with van der Waals surface area (Å²) < 4.78 is 60.6. The van der Waals surface area contributed by atoms with Crippen molar-refractivity contribution in [2.24, 2.45) is 0 Å². The number of aryl methyl sites for hydroxylation is 4. The Hall–Kier alpha value is -4.26. The Balaban J connectivity index is 0.000000616. The van der Waals surface area contributed by atoms with Crippen molar-refractivity contribution in [2.75, 3.05) is 40.7 Å². The first-order chi connectivity index (χ1) is 19.5. The summed E-state index contributed by atoms with van der Waals surface area (Å²) in [7, 11) is -3.96. The van der Waals surface area contributed by atoms with Crippen LogP contribution in [0.4, 0.5) is 30.2 Å². The predicted octanol–water partition coefficient (Wildman–Crippen LogP) is 5.38. The third-order valence-electron chi connectivity index (χ3n) is 6.61. The van der Waals surface area contributed by atoms with Crippen LogP contribution in [-0.4, -0.2) is 62.9 Å². The lowest BCUT2D eigenvalue weighted by molar-refractivity contribution is -0.192. The van der Waals surface area contributed by atoms with E-state index >= 15 is 0 Å². The van der Waals surface area contributed by atoms with E-state index < -0.39 is 28.1 Å². The van der Waals surface area contributed by atoms with Crippen molar-refractivity contribution in [1.29, 1.82) is 0 Å². The molecule has 3 aromatic carbocycles. The maximum Gasteiger partial charge on any atom is 0.490 e. The fraction of sp³-hybridized carbons (Fsp3) is 0.310. The lowest BCUT2D eigenvalue weighted by Gasteiger charge is -2.37. The van der Waals surface area contributed by atoms with Crippen molar-refractivity contribution in [3.63, 3.8) is 0 Å². The molecular weight excluding hydrogens is 575 g/mol. The summed E-state index contributed by atoms with van der Waals surface area (Å²) in [4.78, 5) is 25.6. The van der Waals surface area contributed by atoms with E-state index in [2.05, 4.69) is 45.7 Å². The number of nitrogens with zero attached hydrogens (tertiary/aromatic N) is 2. The van der Waals surface area contributed by atoms with E-state index in [-0.39, 0.29) is 16.1 Å². The minimum Gasteiger partial charge on any atom is -0.478 e. The average molecular weight is 608 g/mol. The molecule has 1 aliphatic rings. The van der Waals surface area contributed by atoms with Crippen LogP contribution >= 0.6 is 0 Å². The quantitative estimate of drug-likeness (QED) is 0.341. The number of halogens is 3. The van der Waals surface area contributed by atoms with Crippen LogP contribution in [0.1, 0.15) is 32.6 Å². The number of rotatable bonds is 6. The molecule has 0 aliphatic carbocycles. The van der Waals surface area contributed by atoms with E-state index in [0.717, 1.165) is 37.4 Å². The number of hydrogen-bond acceptors (Lipinski definition) is 6. The first-order valence-electron chi connectivity index (χ1n) is 12.8. The summed E-state index contributed by atoms with van der Waals surface area (Å²) in [5.74, 6) is -3.94. The lowest BCUT2D eigenvalue weighted by Crippen LogP contribution is -2.46. The molecule has 42 heavy (non-hydrogen) atoms. The fourth-order valence-corrected chi connectivity index (χ4v) is 6.36. The number of carbonyl (C=O) groups is 2. The molecule has 0 saturated carbocycles. The Morgan fingerprint density at radius 2 is 1.29 bits per heavy atom. The van der Waals surface area contributed by atoms with E-state index in [1.807, 2.05) is 6.92 Å². The number of aliphatic carboxylic acids is 1. The van der Waals surface area contributed by atoms with Crippen molar-refractivity contribution >= 4 is 39.0 Å². The number of carboxylic acids is 2. The van der Waals surface area contributed by atoms with Crippen LogP contribution in [0, 0.1) is 27.7 Å². The van der Waals surface area contributed by atoms with Gasteiger partial charge in [-0.25, -0.2) is 18.0 Å². The van der Waals surface area contributed by atoms with Gasteiger partial charge >= 0.3 is 18.1 Å². The number of benzene rings is 3. The van der Waals surface area contributed by atoms with E-state index in [0.29, 0.717) is 11.1 Å². The van der Waals surface area contributed by atoms with Crippen LogP contribution in [0.3, 0.4) is 0 Å². The second-order valence-corrected chi connectivity index (χ2v) is 11.6. The van der Waals surface area contributed by atoms with Crippen LogP contribution in [0.25, 0.3) is 0 Å². The molecule has 9 nitrogen and oxygen atoms in total. The second kappa shape index (κ2) is 12.7. The molecule has 1 aliphatic heterocycles. The highest BCUT2D eigenvalue weighted by molar-refractivity contribution is 7.92. The maximum atomic E-state index is 13.2. The second-order valence-electron chi connectivity index (χ2n) is 9.98. The van der Waals surface area contributed by atoms with E-state index in [9.17, 15) is 31.5 Å². The smallest absolute Gasteiger partial charge is 0.478 e. The van der Waals surface area contributed by atoms with Crippen molar-refractivity contribution in [3.8, 4) is 0 Å². The van der Waals surface area contributed by atoms with E-state index in [1.165, 1.54) is 11.3 Å². The van der Waals surface area contributed by atoms with Crippen molar-refractivity contribution in [2.45, 2.75) is 38.8 Å². The predicted molar refractivity (Wildman–Crippen MR) is 154 cm³/mol. The topological polar surface area (TPSA) is 127 Å². The molecule has 4 rings (SSSR count). The van der Waals surface area contributed by atoms with Gasteiger partial charge in [0.2, 0.25) is 0 Å². The minimum absolute atomic E-state index is 0.0546. The van der Waals surface area contributed by atoms with Gasteiger partial charge in [0.05, 0.1) is 16.1 Å². The maximum absolute atomic E-state index is 13.2. The number of nitrogens with one attached hydrogen (secondary N) is 1. The summed E-state index contributed by atoms with van der Waals surface area (Å²) in [6, 6.07) is 16.9. The van der Waals surface area contributed by atoms with Crippen molar-refractivity contribution < 1.29 is 41.4 Å². The molecule has 0 aromatic heterocycles. The molecular formula is C29H32F3N3O6S. The number of hydrogen-bond donors (Lipinski definition) is 3.